The second-order valence-electron chi connectivity index (χ2n) is 14.0. The van der Waals surface area contributed by atoms with Crippen LogP contribution < -0.4 is 4.90 Å². The van der Waals surface area contributed by atoms with E-state index in [2.05, 4.69) is 54.6 Å². The van der Waals surface area contributed by atoms with Gasteiger partial charge in [0.15, 0.2) is 5.58 Å². The molecule has 2 aromatic heterocycles. The number of rotatable bonds is 7. The molecular formula is C53H34N2OS. The topological polar surface area (TPSA) is 29.3 Å². The van der Waals surface area contributed by atoms with E-state index in [0.29, 0.717) is 22.8 Å². The molecular weight excluding hydrogens is 713 g/mol. The Morgan fingerprint density at radius 1 is 0.456 bits per heavy atom. The summed E-state index contributed by atoms with van der Waals surface area (Å²) in [5.74, 6) is 0.563. The van der Waals surface area contributed by atoms with Crippen LogP contribution in [-0.2, 0) is 0 Å². The predicted octanol–water partition coefficient (Wildman–Crippen LogP) is 15.5. The average Bonchev–Trinajstić information content (AvgIpc) is 3.92. The van der Waals surface area contributed by atoms with Crippen molar-refractivity contribution in [1.29, 1.82) is 0 Å². The van der Waals surface area contributed by atoms with E-state index in [4.69, 9.17) is 9.40 Å². The molecule has 0 radical (unpaired) electrons. The van der Waals surface area contributed by atoms with Crippen molar-refractivity contribution < 1.29 is 9.90 Å². The lowest BCUT2D eigenvalue weighted by Gasteiger charge is -2.26. The zero-order chi connectivity index (χ0) is 41.2. The standard InChI is InChI=1S/C53H34N2OS/c1-2-11-35(12-3-1)36-23-27-41(28-24-36)55(42-29-25-38(26-30-42)45-18-9-14-37-13-4-5-17-44(37)45)43-31-32-50-47(34-43)52-46(19-10-22-51(52)57-50)39-15-8-16-40(33-39)53-54-48-20-6-7-21-49(48)56-53/h1-34H/i25D,26D,29D,30D. The summed E-state index contributed by atoms with van der Waals surface area (Å²) in [6, 6.07) is 60.1. The van der Waals surface area contributed by atoms with E-state index in [1.165, 1.54) is 0 Å². The first kappa shape index (κ1) is 29.1. The summed E-state index contributed by atoms with van der Waals surface area (Å²) in [4.78, 5) is 6.64. The van der Waals surface area contributed by atoms with Crippen molar-refractivity contribution in [3.63, 3.8) is 0 Å². The smallest absolute Gasteiger partial charge is 0.227 e. The molecule has 0 spiro atoms. The lowest BCUT2D eigenvalue weighted by Crippen LogP contribution is -2.09. The molecule has 0 saturated heterocycles. The predicted molar refractivity (Wildman–Crippen MR) is 241 cm³/mol. The van der Waals surface area contributed by atoms with Gasteiger partial charge in [0.2, 0.25) is 5.89 Å². The summed E-state index contributed by atoms with van der Waals surface area (Å²) in [6.07, 6.45) is 0. The molecule has 57 heavy (non-hydrogen) atoms. The molecule has 0 atom stereocenters. The van der Waals surface area contributed by atoms with Gasteiger partial charge in [-0.25, -0.2) is 4.98 Å². The Morgan fingerprint density at radius 3 is 2.02 bits per heavy atom. The molecule has 0 bridgehead atoms. The summed E-state index contributed by atoms with van der Waals surface area (Å²) in [5, 5.41) is 3.95. The molecule has 11 aromatic rings. The molecule has 268 valence electrons. The number of fused-ring (bicyclic) bond motifs is 5. The van der Waals surface area contributed by atoms with Gasteiger partial charge in [-0.3, -0.25) is 0 Å². The van der Waals surface area contributed by atoms with Crippen molar-refractivity contribution >= 4 is 70.4 Å². The molecule has 9 aromatic carbocycles. The van der Waals surface area contributed by atoms with Crippen molar-refractivity contribution in [3.8, 4) is 44.8 Å². The number of hydrogen-bond acceptors (Lipinski definition) is 4. The second kappa shape index (κ2) is 13.8. The normalized spacial score (nSPS) is 12.5. The molecule has 0 aliphatic heterocycles. The van der Waals surface area contributed by atoms with Crippen LogP contribution in [0, 0.1) is 0 Å². The van der Waals surface area contributed by atoms with Crippen LogP contribution in [-0.4, -0.2) is 4.98 Å². The molecule has 2 heterocycles. The Bertz CT molecular complexity index is 3420. The molecule has 11 rings (SSSR count). The highest BCUT2D eigenvalue weighted by Gasteiger charge is 2.18. The maximum absolute atomic E-state index is 9.63. The summed E-state index contributed by atoms with van der Waals surface area (Å²) in [5.41, 5.74) is 9.16. The third-order valence-corrected chi connectivity index (χ3v) is 11.7. The highest BCUT2D eigenvalue weighted by atomic mass is 32.1. The van der Waals surface area contributed by atoms with Crippen molar-refractivity contribution in [2.24, 2.45) is 0 Å². The Kier molecular flexibility index (Phi) is 7.03. The van der Waals surface area contributed by atoms with Crippen LogP contribution in [0.1, 0.15) is 5.48 Å². The van der Waals surface area contributed by atoms with Gasteiger partial charge < -0.3 is 9.32 Å². The van der Waals surface area contributed by atoms with Crippen molar-refractivity contribution in [2.75, 3.05) is 4.90 Å². The lowest BCUT2D eigenvalue weighted by molar-refractivity contribution is 0.620. The van der Waals surface area contributed by atoms with Gasteiger partial charge in [-0.15, -0.1) is 11.3 Å². The number of hydrogen-bond donors (Lipinski definition) is 0. The van der Waals surface area contributed by atoms with Gasteiger partial charge in [0.05, 0.1) is 5.48 Å². The van der Waals surface area contributed by atoms with Crippen LogP contribution in [0.15, 0.2) is 211 Å². The second-order valence-corrected chi connectivity index (χ2v) is 15.1. The number of para-hydroxylation sites is 2. The minimum atomic E-state index is -0.122. The first-order valence-electron chi connectivity index (χ1n) is 20.9. The molecule has 4 heteroatoms. The fraction of sp³-hybridized carbons (Fsp3) is 0. The monoisotopic (exact) mass is 750 g/mol. The maximum Gasteiger partial charge on any atom is 0.227 e. The summed E-state index contributed by atoms with van der Waals surface area (Å²) < 4.78 is 46.6. The third kappa shape index (κ3) is 5.95. The first-order valence-corrected chi connectivity index (χ1v) is 19.7. The average molecular weight is 751 g/mol. The Labute approximate surface area is 340 Å². The fourth-order valence-corrected chi connectivity index (χ4v) is 8.96. The van der Waals surface area contributed by atoms with Gasteiger partial charge >= 0.3 is 0 Å². The molecule has 3 nitrogen and oxygen atoms in total. The van der Waals surface area contributed by atoms with E-state index < -0.39 is 0 Å². The molecule has 0 unspecified atom stereocenters. The quantitative estimate of drug-likeness (QED) is 0.162. The third-order valence-electron chi connectivity index (χ3n) is 10.6. The molecule has 0 amide bonds. The van der Waals surface area contributed by atoms with Crippen LogP contribution in [0.4, 0.5) is 17.1 Å². The Hall–Kier alpha value is -7.27. The van der Waals surface area contributed by atoms with Gasteiger partial charge in [-0.2, -0.15) is 0 Å². The molecule has 0 aliphatic rings. The highest BCUT2D eigenvalue weighted by molar-refractivity contribution is 7.26. The van der Waals surface area contributed by atoms with E-state index in [-0.39, 0.29) is 35.4 Å². The van der Waals surface area contributed by atoms with Gasteiger partial charge in [-0.1, -0.05) is 133 Å². The van der Waals surface area contributed by atoms with Crippen LogP contribution in [0.5, 0.6) is 0 Å². The Morgan fingerprint density at radius 2 is 1.14 bits per heavy atom. The summed E-state index contributed by atoms with van der Waals surface area (Å²) in [7, 11) is 0. The largest absolute Gasteiger partial charge is 0.436 e. The highest BCUT2D eigenvalue weighted by Crippen LogP contribution is 2.45. The van der Waals surface area contributed by atoms with Gasteiger partial charge in [0.25, 0.3) is 0 Å². The minimum Gasteiger partial charge on any atom is -0.436 e. The molecule has 0 saturated carbocycles. The zero-order valence-electron chi connectivity index (χ0n) is 34.5. The van der Waals surface area contributed by atoms with Gasteiger partial charge in [0.1, 0.15) is 5.52 Å². The number of aromatic nitrogens is 1. The molecule has 0 fully saturated rings. The Balaban J connectivity index is 1.10. The van der Waals surface area contributed by atoms with Crippen molar-refractivity contribution in [1.82, 2.24) is 4.98 Å². The fourth-order valence-electron chi connectivity index (χ4n) is 7.85. The summed E-state index contributed by atoms with van der Waals surface area (Å²) in [6.45, 7) is 0. The van der Waals surface area contributed by atoms with Crippen LogP contribution in [0.2, 0.25) is 0 Å². The molecule has 0 aliphatic carbocycles. The number of benzene rings is 9. The van der Waals surface area contributed by atoms with Crippen molar-refractivity contribution in [3.05, 3.63) is 206 Å². The van der Waals surface area contributed by atoms with E-state index in [9.17, 15) is 5.48 Å². The summed E-state index contributed by atoms with van der Waals surface area (Å²) >= 11 is 1.71. The van der Waals surface area contributed by atoms with Gasteiger partial charge in [-0.05, 0) is 117 Å². The first-order chi connectivity index (χ1) is 29.9. The van der Waals surface area contributed by atoms with E-state index in [1.807, 2.05) is 132 Å². The minimum absolute atomic E-state index is 0.0959. The maximum atomic E-state index is 9.63. The zero-order valence-corrected chi connectivity index (χ0v) is 31.3. The van der Waals surface area contributed by atoms with E-state index in [1.54, 1.807) is 11.3 Å². The molecule has 0 N–H and O–H groups in total. The van der Waals surface area contributed by atoms with Crippen molar-refractivity contribution in [2.45, 2.75) is 0 Å². The number of nitrogens with zero attached hydrogens (tertiary/aromatic N) is 2. The number of anilines is 3. The van der Waals surface area contributed by atoms with Crippen LogP contribution >= 0.6 is 11.3 Å². The van der Waals surface area contributed by atoms with Gasteiger partial charge in [0, 0.05) is 42.8 Å². The van der Waals surface area contributed by atoms with Crippen LogP contribution in [0.25, 0.3) is 86.9 Å². The SMILES string of the molecule is [2H]c1c([2H])c(N(c2ccc(-c3ccccc3)cc2)c2ccc3sc4cccc(-c5cccc(-c6nc7ccccc7o6)c5)c4c3c2)c([2H])c([2H])c1-c1cccc2ccccc12. The van der Waals surface area contributed by atoms with E-state index >= 15 is 0 Å². The lowest BCUT2D eigenvalue weighted by atomic mass is 9.97. The number of thiophene rings is 1. The number of oxazole rings is 1. The van der Waals surface area contributed by atoms with Crippen LogP contribution in [0.3, 0.4) is 0 Å². The van der Waals surface area contributed by atoms with E-state index in [0.717, 1.165) is 69.9 Å².